The predicted molar refractivity (Wildman–Crippen MR) is 103 cm³/mol. The molecule has 0 spiro atoms. The van der Waals surface area contributed by atoms with Gasteiger partial charge in [-0.1, -0.05) is 43.2 Å². The van der Waals surface area contributed by atoms with Gasteiger partial charge in [-0.05, 0) is 18.4 Å². The Morgan fingerprint density at radius 1 is 1.21 bits per heavy atom. The number of carbonyl (C=O) groups excluding carboxylic acids is 1. The summed E-state index contributed by atoms with van der Waals surface area (Å²) in [7, 11) is 6.16. The molecule has 1 aromatic rings. The summed E-state index contributed by atoms with van der Waals surface area (Å²) in [4.78, 5) is 11.2. The van der Waals surface area contributed by atoms with Gasteiger partial charge in [-0.2, -0.15) is 0 Å². The monoisotopic (exact) mass is 451 g/mol. The summed E-state index contributed by atoms with van der Waals surface area (Å²) < 4.78 is 0.844. The van der Waals surface area contributed by atoms with E-state index in [4.69, 9.17) is 5.11 Å². The number of hydrogen-bond acceptors (Lipinski definition) is 4. The van der Waals surface area contributed by atoms with Crippen LogP contribution in [0.15, 0.2) is 30.3 Å². The first-order valence-electron chi connectivity index (χ1n) is 8.09. The molecular weight excluding hydrogens is 421 g/mol. The van der Waals surface area contributed by atoms with Crippen LogP contribution in [0.5, 0.6) is 0 Å². The summed E-state index contributed by atoms with van der Waals surface area (Å²) in [6.07, 6.45) is 2.85. The average molecular weight is 451 g/mol. The van der Waals surface area contributed by atoms with E-state index in [9.17, 15) is 15.0 Å². The smallest absolute Gasteiger partial charge is 0.101 e. The van der Waals surface area contributed by atoms with Gasteiger partial charge in [0.15, 0.2) is 0 Å². The van der Waals surface area contributed by atoms with Crippen LogP contribution < -0.4 is 5.11 Å². The van der Waals surface area contributed by atoms with Gasteiger partial charge < -0.3 is 24.6 Å². The van der Waals surface area contributed by atoms with Gasteiger partial charge in [-0.15, -0.1) is 24.0 Å². The van der Waals surface area contributed by atoms with Crippen molar-refractivity contribution in [3.8, 4) is 0 Å². The van der Waals surface area contributed by atoms with Gasteiger partial charge in [0.05, 0.1) is 45.2 Å². The van der Waals surface area contributed by atoms with Gasteiger partial charge in [0.25, 0.3) is 0 Å². The van der Waals surface area contributed by atoms with Crippen LogP contribution in [-0.2, 0) is 4.79 Å². The molecule has 0 aliphatic heterocycles. The molecule has 1 aliphatic rings. The Balaban J connectivity index is 0.000000570. The third kappa shape index (κ3) is 7.46. The first kappa shape index (κ1) is 23.3. The molecule has 2 N–H and O–H groups in total. The third-order valence-electron chi connectivity index (χ3n) is 4.15. The molecule has 0 bridgehead atoms. The molecule has 1 unspecified atom stereocenters. The second-order valence-corrected chi connectivity index (χ2v) is 7.21. The molecule has 1 fully saturated rings. The zero-order valence-electron chi connectivity index (χ0n) is 14.8. The number of benzene rings is 1. The van der Waals surface area contributed by atoms with Crippen LogP contribution >= 0.6 is 24.0 Å². The van der Waals surface area contributed by atoms with Crippen molar-refractivity contribution in [2.75, 3.05) is 34.3 Å². The highest BCUT2D eigenvalue weighted by Gasteiger charge is 2.40. The van der Waals surface area contributed by atoms with Crippen LogP contribution in [0.4, 0.5) is 0 Å². The van der Waals surface area contributed by atoms with Crippen molar-refractivity contribution in [2.24, 2.45) is 0 Å². The van der Waals surface area contributed by atoms with Crippen molar-refractivity contribution in [1.82, 2.24) is 0 Å². The van der Waals surface area contributed by atoms with E-state index in [1.54, 1.807) is 24.3 Å². The zero-order valence-corrected chi connectivity index (χ0v) is 17.1. The zero-order chi connectivity index (χ0) is 17.5. The van der Waals surface area contributed by atoms with Crippen LogP contribution in [0, 0.1) is 0 Å². The molecule has 0 radical (unpaired) electrons. The van der Waals surface area contributed by atoms with Crippen molar-refractivity contribution < 1.29 is 24.6 Å². The fourth-order valence-electron chi connectivity index (χ4n) is 2.89. The molecule has 1 saturated carbocycles. The predicted octanol–water partition coefficient (Wildman–Crippen LogP) is 1.13. The molecule has 1 aliphatic carbocycles. The highest BCUT2D eigenvalue weighted by atomic mass is 127. The molecule has 5 nitrogen and oxygen atoms in total. The van der Waals surface area contributed by atoms with E-state index in [1.807, 2.05) is 6.07 Å². The standard InChI is InChI=1S/C13H16O3.C5H14NO.HI/c14-12(15)11(10-6-2-1-3-7-10)13(16)8-4-5-9-13;1-6(2,3)4-5-7;/h1-3,6-7,11,16H,4-5,8-9H2,(H,14,15);7H,4-5H2,1-3H3;1H/q;+1;/p-1. The second kappa shape index (κ2) is 10.3. The van der Waals surface area contributed by atoms with Crippen molar-refractivity contribution in [3.63, 3.8) is 0 Å². The lowest BCUT2D eigenvalue weighted by Crippen LogP contribution is -2.44. The molecule has 6 heteroatoms. The highest BCUT2D eigenvalue weighted by molar-refractivity contribution is 14.0. The molecule has 0 amide bonds. The largest absolute Gasteiger partial charge is 0.549 e. The van der Waals surface area contributed by atoms with Crippen LogP contribution in [0.3, 0.4) is 0 Å². The number of nitrogens with zero attached hydrogens (tertiary/aromatic N) is 1. The van der Waals surface area contributed by atoms with E-state index < -0.39 is 17.5 Å². The summed E-state index contributed by atoms with van der Waals surface area (Å²) in [6, 6.07) is 8.86. The molecule has 138 valence electrons. The minimum absolute atomic E-state index is 0. The number of rotatable bonds is 5. The highest BCUT2D eigenvalue weighted by Crippen LogP contribution is 2.40. The number of hydrogen-bond donors (Lipinski definition) is 2. The first-order valence-corrected chi connectivity index (χ1v) is 8.09. The normalized spacial score (nSPS) is 17.2. The fourth-order valence-corrected chi connectivity index (χ4v) is 2.89. The van der Waals surface area contributed by atoms with E-state index in [-0.39, 0.29) is 30.6 Å². The average Bonchev–Trinajstić information content (AvgIpc) is 2.86. The molecule has 1 atom stereocenters. The molecule has 1 aromatic carbocycles. The van der Waals surface area contributed by atoms with E-state index in [0.29, 0.717) is 18.4 Å². The number of carbonyl (C=O) groups is 1. The maximum absolute atomic E-state index is 11.2. The van der Waals surface area contributed by atoms with Gasteiger partial charge >= 0.3 is 0 Å². The van der Waals surface area contributed by atoms with Gasteiger partial charge in [-0.3, -0.25) is 0 Å². The molecule has 24 heavy (non-hydrogen) atoms. The van der Waals surface area contributed by atoms with Crippen molar-refractivity contribution >= 4 is 29.9 Å². The lowest BCUT2D eigenvalue weighted by atomic mass is 9.81. The number of aliphatic hydroxyl groups is 2. The number of aliphatic hydroxyl groups excluding tert-OH is 1. The summed E-state index contributed by atoms with van der Waals surface area (Å²) in [5.74, 6) is -2.09. The molecule has 0 saturated heterocycles. The number of carboxylic acid groups (broad SMARTS) is 1. The summed E-state index contributed by atoms with van der Waals surface area (Å²) in [5.41, 5.74) is -0.493. The van der Waals surface area contributed by atoms with E-state index in [2.05, 4.69) is 21.1 Å². The van der Waals surface area contributed by atoms with Gasteiger partial charge in [-0.25, -0.2) is 0 Å². The number of likely N-dealkylation sites (N-methyl/N-ethyl adjacent to an activating group) is 1. The topological polar surface area (TPSA) is 80.6 Å². The number of carboxylic acids is 1. The van der Waals surface area contributed by atoms with Crippen LogP contribution in [0.1, 0.15) is 37.2 Å². The summed E-state index contributed by atoms with van der Waals surface area (Å²) >= 11 is 0. The van der Waals surface area contributed by atoms with Gasteiger partial charge in [0.1, 0.15) is 6.54 Å². The minimum Gasteiger partial charge on any atom is -0.549 e. The number of quaternary nitrogens is 1. The quantitative estimate of drug-likeness (QED) is 0.520. The Bertz CT molecular complexity index is 482. The lowest BCUT2D eigenvalue weighted by molar-refractivity contribution is -0.870. The minimum atomic E-state index is -1.18. The Morgan fingerprint density at radius 2 is 1.71 bits per heavy atom. The Kier molecular flexibility index (Phi) is 10.0. The number of halogens is 1. The van der Waals surface area contributed by atoms with E-state index >= 15 is 0 Å². The number of aliphatic carboxylic acids is 1. The van der Waals surface area contributed by atoms with Crippen LogP contribution in [-0.4, -0.2) is 60.6 Å². The summed E-state index contributed by atoms with van der Waals surface area (Å²) in [6.45, 7) is 1.11. The summed E-state index contributed by atoms with van der Waals surface area (Å²) in [5, 5.41) is 30.0. The SMILES string of the molecule is C[N+](C)(C)CCO.I.O=C([O-])C(c1ccccc1)C1(O)CCCC1. The van der Waals surface area contributed by atoms with Gasteiger partial charge in [0.2, 0.25) is 0 Å². The van der Waals surface area contributed by atoms with Crippen molar-refractivity contribution in [1.29, 1.82) is 0 Å². The van der Waals surface area contributed by atoms with Crippen LogP contribution in [0.2, 0.25) is 0 Å². The second-order valence-electron chi connectivity index (χ2n) is 7.21. The van der Waals surface area contributed by atoms with Crippen LogP contribution in [0.25, 0.3) is 0 Å². The van der Waals surface area contributed by atoms with Gasteiger partial charge in [0, 0.05) is 0 Å². The Morgan fingerprint density at radius 3 is 2.04 bits per heavy atom. The Hall–Kier alpha value is -0.700. The van der Waals surface area contributed by atoms with Crippen molar-refractivity contribution in [3.05, 3.63) is 35.9 Å². The maximum atomic E-state index is 11.2. The molecule has 0 heterocycles. The fraction of sp³-hybridized carbons (Fsp3) is 0.611. The first-order chi connectivity index (χ1) is 10.7. The van der Waals surface area contributed by atoms with E-state index in [1.165, 1.54) is 0 Å². The molecule has 0 aromatic heterocycles. The maximum Gasteiger partial charge on any atom is 0.101 e. The Labute approximate surface area is 161 Å². The van der Waals surface area contributed by atoms with E-state index in [0.717, 1.165) is 23.9 Å². The molecule has 2 rings (SSSR count). The van der Waals surface area contributed by atoms with Crippen molar-refractivity contribution in [2.45, 2.75) is 37.2 Å². The lowest BCUT2D eigenvalue weighted by Gasteiger charge is -2.33. The molecular formula is C18H30INO4. The third-order valence-corrected chi connectivity index (χ3v) is 4.15.